The molecule has 0 saturated carbocycles. The predicted octanol–water partition coefficient (Wildman–Crippen LogP) is 4.83. The van der Waals surface area contributed by atoms with E-state index in [0.29, 0.717) is 5.02 Å². The van der Waals surface area contributed by atoms with Gasteiger partial charge < -0.3 is 5.73 Å². The second-order valence-electron chi connectivity index (χ2n) is 4.40. The molecular formula is C15H16ClNS. The molecule has 2 aromatic carbocycles. The number of benzene rings is 2. The second-order valence-corrected chi connectivity index (χ2v) is 5.85. The Labute approximate surface area is 117 Å². The lowest BCUT2D eigenvalue weighted by Gasteiger charge is -2.09. The molecule has 0 aromatic heterocycles. The van der Waals surface area contributed by atoms with Gasteiger partial charge >= 0.3 is 0 Å². The molecule has 0 amide bonds. The van der Waals surface area contributed by atoms with Crippen LogP contribution in [-0.2, 0) is 5.75 Å². The van der Waals surface area contributed by atoms with Crippen molar-refractivity contribution in [2.75, 3.05) is 5.73 Å². The zero-order valence-corrected chi connectivity index (χ0v) is 12.1. The van der Waals surface area contributed by atoms with E-state index < -0.39 is 0 Å². The smallest absolute Gasteiger partial charge is 0.0426 e. The molecule has 0 aliphatic rings. The lowest BCUT2D eigenvalue weighted by molar-refractivity contribution is 1.25. The average Bonchev–Trinajstić information content (AvgIpc) is 2.32. The molecule has 3 heteroatoms. The minimum Gasteiger partial charge on any atom is -0.398 e. The van der Waals surface area contributed by atoms with Gasteiger partial charge in [-0.05, 0) is 43.2 Å². The van der Waals surface area contributed by atoms with Gasteiger partial charge in [0.15, 0.2) is 0 Å². The van der Waals surface area contributed by atoms with Crippen LogP contribution in [0.3, 0.4) is 0 Å². The first-order chi connectivity index (χ1) is 8.56. The van der Waals surface area contributed by atoms with E-state index in [4.69, 9.17) is 17.3 Å². The monoisotopic (exact) mass is 277 g/mol. The van der Waals surface area contributed by atoms with Gasteiger partial charge in [-0.25, -0.2) is 0 Å². The molecule has 94 valence electrons. The van der Waals surface area contributed by atoms with Crippen LogP contribution in [0.15, 0.2) is 41.3 Å². The van der Waals surface area contributed by atoms with Crippen molar-refractivity contribution in [3.8, 4) is 0 Å². The van der Waals surface area contributed by atoms with Crippen molar-refractivity contribution in [3.05, 3.63) is 58.1 Å². The molecule has 1 nitrogen and oxygen atoms in total. The summed E-state index contributed by atoms with van der Waals surface area (Å²) in [5, 5.41) is 0.688. The number of anilines is 1. The highest BCUT2D eigenvalue weighted by molar-refractivity contribution is 7.98. The fraction of sp³-hybridized carbons (Fsp3) is 0.200. The van der Waals surface area contributed by atoms with E-state index in [1.807, 2.05) is 23.9 Å². The number of hydrogen-bond donors (Lipinski definition) is 1. The lowest BCUT2D eigenvalue weighted by atomic mass is 10.2. The summed E-state index contributed by atoms with van der Waals surface area (Å²) in [5.74, 6) is 0.868. The molecule has 0 bridgehead atoms. The standard InChI is InChI=1S/C15H16ClNS/c1-10-3-4-11(2)15(7-10)18-9-12-5-6-13(16)8-14(12)17/h3-8H,9,17H2,1-2H3. The van der Waals surface area contributed by atoms with Crippen LogP contribution < -0.4 is 5.73 Å². The van der Waals surface area contributed by atoms with Gasteiger partial charge in [0.2, 0.25) is 0 Å². The summed E-state index contributed by atoms with van der Waals surface area (Å²) in [6.07, 6.45) is 0. The molecule has 0 aliphatic carbocycles. The maximum absolute atomic E-state index is 5.96. The number of halogens is 1. The minimum absolute atomic E-state index is 0.688. The number of rotatable bonds is 3. The first-order valence-corrected chi connectivity index (χ1v) is 7.16. The summed E-state index contributed by atoms with van der Waals surface area (Å²) in [5.41, 5.74) is 10.4. The van der Waals surface area contributed by atoms with Crippen LogP contribution in [0.1, 0.15) is 16.7 Å². The third-order valence-corrected chi connectivity index (χ3v) is 4.28. The molecule has 0 fully saturated rings. The van der Waals surface area contributed by atoms with E-state index in [1.165, 1.54) is 16.0 Å². The predicted molar refractivity (Wildman–Crippen MR) is 81.3 cm³/mol. The van der Waals surface area contributed by atoms with Crippen molar-refractivity contribution in [1.82, 2.24) is 0 Å². The molecule has 0 atom stereocenters. The van der Waals surface area contributed by atoms with Gasteiger partial charge in [-0.15, -0.1) is 11.8 Å². The second kappa shape index (κ2) is 5.68. The average molecular weight is 278 g/mol. The van der Waals surface area contributed by atoms with Gasteiger partial charge in [-0.2, -0.15) is 0 Å². The number of thioether (sulfide) groups is 1. The van der Waals surface area contributed by atoms with E-state index in [0.717, 1.165) is 17.0 Å². The number of aryl methyl sites for hydroxylation is 2. The Morgan fingerprint density at radius 2 is 1.89 bits per heavy atom. The summed E-state index contributed by atoms with van der Waals surface area (Å²) in [4.78, 5) is 1.31. The van der Waals surface area contributed by atoms with Crippen molar-refractivity contribution in [2.45, 2.75) is 24.5 Å². The summed E-state index contributed by atoms with van der Waals surface area (Å²) >= 11 is 7.70. The van der Waals surface area contributed by atoms with Crippen molar-refractivity contribution in [3.63, 3.8) is 0 Å². The Morgan fingerprint density at radius 1 is 1.11 bits per heavy atom. The fourth-order valence-corrected chi connectivity index (χ4v) is 3.03. The van der Waals surface area contributed by atoms with Gasteiger partial charge in [0.1, 0.15) is 0 Å². The molecule has 0 radical (unpaired) electrons. The van der Waals surface area contributed by atoms with E-state index in [2.05, 4.69) is 32.0 Å². The third kappa shape index (κ3) is 3.21. The number of nitrogens with two attached hydrogens (primary N) is 1. The van der Waals surface area contributed by atoms with Gasteiger partial charge in [-0.1, -0.05) is 35.4 Å². The van der Waals surface area contributed by atoms with Gasteiger partial charge in [0.25, 0.3) is 0 Å². The molecule has 0 spiro atoms. The maximum atomic E-state index is 5.96. The Morgan fingerprint density at radius 3 is 2.61 bits per heavy atom. The van der Waals surface area contributed by atoms with Crippen LogP contribution in [0.5, 0.6) is 0 Å². The first-order valence-electron chi connectivity index (χ1n) is 5.80. The van der Waals surface area contributed by atoms with Gasteiger partial charge in [0.05, 0.1) is 0 Å². The van der Waals surface area contributed by atoms with E-state index >= 15 is 0 Å². The minimum atomic E-state index is 0.688. The van der Waals surface area contributed by atoms with Crippen molar-refractivity contribution >= 4 is 29.1 Å². The fourth-order valence-electron chi connectivity index (χ4n) is 1.72. The lowest BCUT2D eigenvalue weighted by Crippen LogP contribution is -1.92. The zero-order chi connectivity index (χ0) is 13.1. The highest BCUT2D eigenvalue weighted by Crippen LogP contribution is 2.29. The quantitative estimate of drug-likeness (QED) is 0.642. The number of nitrogen functional groups attached to an aromatic ring is 1. The van der Waals surface area contributed by atoms with Crippen LogP contribution in [0.2, 0.25) is 5.02 Å². The van der Waals surface area contributed by atoms with Gasteiger partial charge in [-0.3, -0.25) is 0 Å². The highest BCUT2D eigenvalue weighted by Gasteiger charge is 2.04. The Kier molecular flexibility index (Phi) is 4.20. The zero-order valence-electron chi connectivity index (χ0n) is 10.5. The Balaban J connectivity index is 2.13. The van der Waals surface area contributed by atoms with E-state index in [-0.39, 0.29) is 0 Å². The van der Waals surface area contributed by atoms with Crippen molar-refractivity contribution in [2.24, 2.45) is 0 Å². The molecule has 2 aromatic rings. The van der Waals surface area contributed by atoms with Crippen LogP contribution in [0, 0.1) is 13.8 Å². The largest absolute Gasteiger partial charge is 0.398 e. The van der Waals surface area contributed by atoms with Gasteiger partial charge in [0, 0.05) is 21.4 Å². The normalized spacial score (nSPS) is 10.6. The van der Waals surface area contributed by atoms with Crippen LogP contribution >= 0.6 is 23.4 Å². The molecule has 0 saturated heterocycles. The molecule has 0 unspecified atom stereocenters. The molecule has 0 heterocycles. The molecule has 0 aliphatic heterocycles. The Bertz CT molecular complexity index is 566. The van der Waals surface area contributed by atoms with E-state index in [1.54, 1.807) is 6.07 Å². The molecule has 2 rings (SSSR count). The molecular weight excluding hydrogens is 262 g/mol. The van der Waals surface area contributed by atoms with Crippen LogP contribution in [-0.4, -0.2) is 0 Å². The van der Waals surface area contributed by atoms with E-state index in [9.17, 15) is 0 Å². The summed E-state index contributed by atoms with van der Waals surface area (Å²) < 4.78 is 0. The Hall–Kier alpha value is -1.12. The topological polar surface area (TPSA) is 26.0 Å². The summed E-state index contributed by atoms with van der Waals surface area (Å²) in [6.45, 7) is 4.24. The van der Waals surface area contributed by atoms with Crippen LogP contribution in [0.4, 0.5) is 5.69 Å². The molecule has 2 N–H and O–H groups in total. The summed E-state index contributed by atoms with van der Waals surface area (Å²) in [7, 11) is 0. The highest BCUT2D eigenvalue weighted by atomic mass is 35.5. The molecule has 18 heavy (non-hydrogen) atoms. The third-order valence-electron chi connectivity index (χ3n) is 2.83. The summed E-state index contributed by atoms with van der Waals surface area (Å²) in [6, 6.07) is 12.2. The maximum Gasteiger partial charge on any atom is 0.0426 e. The first kappa shape index (κ1) is 13.3. The SMILES string of the molecule is Cc1ccc(C)c(SCc2ccc(Cl)cc2N)c1. The van der Waals surface area contributed by atoms with Crippen LogP contribution in [0.25, 0.3) is 0 Å². The van der Waals surface area contributed by atoms with Crippen molar-refractivity contribution < 1.29 is 0 Å². The van der Waals surface area contributed by atoms with Crippen molar-refractivity contribution in [1.29, 1.82) is 0 Å². The number of hydrogen-bond acceptors (Lipinski definition) is 2.